The van der Waals surface area contributed by atoms with Crippen molar-refractivity contribution in [3.63, 3.8) is 0 Å². The molecular weight excluding hydrogens is 235 g/mol. The van der Waals surface area contributed by atoms with Crippen LogP contribution in [0.2, 0.25) is 0 Å². The molecule has 0 unspecified atom stereocenters. The van der Waals surface area contributed by atoms with E-state index in [1.165, 1.54) is 6.07 Å². The molecule has 2 N–H and O–H groups in total. The first-order valence-corrected chi connectivity index (χ1v) is 4.62. The van der Waals surface area contributed by atoms with Gasteiger partial charge >= 0.3 is 6.18 Å². The SMILES string of the molecule is [2H][C@@H](C(N)=O)[C@@]([2H])(C)Oc1cccc(C(F)(F)F)c1. The van der Waals surface area contributed by atoms with Crippen molar-refractivity contribution < 1.29 is 25.4 Å². The van der Waals surface area contributed by atoms with Crippen molar-refractivity contribution in [1.29, 1.82) is 0 Å². The minimum absolute atomic E-state index is 0.258. The van der Waals surface area contributed by atoms with Crippen LogP contribution in [0.15, 0.2) is 24.3 Å². The molecule has 0 aromatic heterocycles. The van der Waals surface area contributed by atoms with Crippen LogP contribution in [0.1, 0.15) is 21.6 Å². The van der Waals surface area contributed by atoms with E-state index < -0.39 is 30.1 Å². The molecule has 0 saturated carbocycles. The van der Waals surface area contributed by atoms with Crippen molar-refractivity contribution in [2.75, 3.05) is 0 Å². The van der Waals surface area contributed by atoms with E-state index in [1.54, 1.807) is 0 Å². The Balaban J connectivity index is 2.97. The Labute approximate surface area is 99.2 Å². The molecule has 1 rings (SSSR count). The fraction of sp³-hybridized carbons (Fsp3) is 0.364. The number of alkyl halides is 3. The van der Waals surface area contributed by atoms with Gasteiger partial charge in [0.1, 0.15) is 11.8 Å². The molecule has 0 aliphatic carbocycles. The predicted octanol–water partition coefficient (Wildman–Crippen LogP) is 2.35. The van der Waals surface area contributed by atoms with Crippen LogP contribution in [0.4, 0.5) is 13.2 Å². The minimum Gasteiger partial charge on any atom is -0.490 e. The van der Waals surface area contributed by atoms with E-state index in [1.807, 2.05) is 0 Å². The monoisotopic (exact) mass is 249 g/mol. The molecule has 0 spiro atoms. The van der Waals surface area contributed by atoms with Crippen molar-refractivity contribution in [3.8, 4) is 5.75 Å². The molecule has 0 bridgehead atoms. The minimum atomic E-state index is -4.54. The first-order chi connectivity index (χ1) is 8.54. The zero-order valence-corrected chi connectivity index (χ0v) is 8.91. The second kappa shape index (κ2) is 5.07. The third-order valence-electron chi connectivity index (χ3n) is 1.79. The van der Waals surface area contributed by atoms with Crippen LogP contribution in [0.5, 0.6) is 5.75 Å². The molecule has 1 aromatic carbocycles. The van der Waals surface area contributed by atoms with Crippen LogP contribution < -0.4 is 10.5 Å². The molecule has 0 saturated heterocycles. The number of nitrogens with two attached hydrogens (primary N) is 1. The highest BCUT2D eigenvalue weighted by atomic mass is 19.4. The summed E-state index contributed by atoms with van der Waals surface area (Å²) in [6.07, 6.45) is -8.33. The lowest BCUT2D eigenvalue weighted by atomic mass is 10.2. The Kier molecular flexibility index (Phi) is 3.11. The zero-order valence-electron chi connectivity index (χ0n) is 10.9. The van der Waals surface area contributed by atoms with E-state index in [0.29, 0.717) is 6.07 Å². The van der Waals surface area contributed by atoms with Gasteiger partial charge in [0.2, 0.25) is 5.91 Å². The number of carbonyl (C=O) groups excluding carboxylic acids is 1. The number of primary amides is 1. The Bertz CT molecular complexity index is 477. The second-order valence-corrected chi connectivity index (χ2v) is 3.29. The standard InChI is InChI=1S/C11H12F3NO2/c1-7(5-10(15)16)17-9-4-2-3-8(6-9)11(12,13)14/h2-4,6-7H,5H2,1H3,(H2,15,16)/t7-/m1/s1/i5D,7D/t5-,7-. The predicted molar refractivity (Wildman–Crippen MR) is 55.3 cm³/mol. The van der Waals surface area contributed by atoms with E-state index in [9.17, 15) is 18.0 Å². The van der Waals surface area contributed by atoms with Gasteiger partial charge in [0, 0.05) is 1.37 Å². The smallest absolute Gasteiger partial charge is 0.416 e. The Morgan fingerprint density at radius 1 is 1.65 bits per heavy atom. The molecule has 0 heterocycles. The maximum absolute atomic E-state index is 12.5. The molecule has 94 valence electrons. The summed E-state index contributed by atoms with van der Waals surface area (Å²) in [5.41, 5.74) is 3.93. The fourth-order valence-electron chi connectivity index (χ4n) is 1.15. The Morgan fingerprint density at radius 2 is 2.29 bits per heavy atom. The average molecular weight is 249 g/mol. The summed E-state index contributed by atoms with van der Waals surface area (Å²) < 4.78 is 57.3. The summed E-state index contributed by atoms with van der Waals surface area (Å²) in [6.45, 7) is 1.08. The van der Waals surface area contributed by atoms with Gasteiger partial charge in [-0.1, -0.05) is 6.07 Å². The maximum Gasteiger partial charge on any atom is 0.416 e. The summed E-state index contributed by atoms with van der Waals surface area (Å²) >= 11 is 0. The number of hydrogen-bond acceptors (Lipinski definition) is 2. The highest BCUT2D eigenvalue weighted by Gasteiger charge is 2.30. The van der Waals surface area contributed by atoms with Crippen LogP contribution in [0, 0.1) is 0 Å². The van der Waals surface area contributed by atoms with E-state index >= 15 is 0 Å². The summed E-state index contributed by atoms with van der Waals surface area (Å²) in [5.74, 6) is -1.35. The molecule has 0 radical (unpaired) electrons. The van der Waals surface area contributed by atoms with E-state index in [4.69, 9.17) is 13.2 Å². The lowest BCUT2D eigenvalue weighted by Crippen LogP contribution is -2.22. The van der Waals surface area contributed by atoms with Gasteiger partial charge in [0.15, 0.2) is 0 Å². The molecule has 1 aromatic rings. The van der Waals surface area contributed by atoms with Gasteiger partial charge in [-0.05, 0) is 25.1 Å². The van der Waals surface area contributed by atoms with E-state index in [-0.39, 0.29) is 5.75 Å². The van der Waals surface area contributed by atoms with Crippen molar-refractivity contribution >= 4 is 5.91 Å². The molecule has 0 fully saturated rings. The quantitative estimate of drug-likeness (QED) is 0.890. The summed E-state index contributed by atoms with van der Waals surface area (Å²) in [6, 6.07) is 3.86. The van der Waals surface area contributed by atoms with Gasteiger partial charge in [0.25, 0.3) is 0 Å². The zero-order chi connectivity index (χ0) is 14.8. The van der Waals surface area contributed by atoms with Gasteiger partial charge in [-0.2, -0.15) is 13.2 Å². The van der Waals surface area contributed by atoms with Crippen molar-refractivity contribution in [1.82, 2.24) is 0 Å². The lowest BCUT2D eigenvalue weighted by molar-refractivity contribution is -0.137. The van der Waals surface area contributed by atoms with Gasteiger partial charge < -0.3 is 10.5 Å². The second-order valence-electron chi connectivity index (χ2n) is 3.29. The number of amides is 1. The number of hydrogen-bond donors (Lipinski definition) is 1. The third kappa shape index (κ3) is 4.34. The highest BCUT2D eigenvalue weighted by molar-refractivity contribution is 5.74. The van der Waals surface area contributed by atoms with Gasteiger partial charge in [0.05, 0.1) is 13.3 Å². The molecule has 6 heteroatoms. The maximum atomic E-state index is 12.5. The fourth-order valence-corrected chi connectivity index (χ4v) is 1.15. The molecule has 1 amide bonds. The molecule has 0 aliphatic heterocycles. The van der Waals surface area contributed by atoms with E-state index in [2.05, 4.69) is 0 Å². The average Bonchev–Trinajstić information content (AvgIpc) is 2.26. The largest absolute Gasteiger partial charge is 0.490 e. The number of carbonyl (C=O) groups is 1. The van der Waals surface area contributed by atoms with Crippen LogP contribution in [0.3, 0.4) is 0 Å². The van der Waals surface area contributed by atoms with E-state index in [0.717, 1.165) is 19.1 Å². The summed E-state index contributed by atoms with van der Waals surface area (Å²) in [7, 11) is 0. The first kappa shape index (κ1) is 10.4. The molecule has 17 heavy (non-hydrogen) atoms. The van der Waals surface area contributed by atoms with Crippen LogP contribution >= 0.6 is 0 Å². The number of halogens is 3. The van der Waals surface area contributed by atoms with Gasteiger partial charge in [-0.15, -0.1) is 0 Å². The normalized spacial score (nSPS) is 18.6. The highest BCUT2D eigenvalue weighted by Crippen LogP contribution is 2.31. The first-order valence-electron chi connectivity index (χ1n) is 5.69. The van der Waals surface area contributed by atoms with Crippen molar-refractivity contribution in [2.45, 2.75) is 25.6 Å². The molecule has 0 aliphatic rings. The third-order valence-corrected chi connectivity index (χ3v) is 1.79. The number of ether oxygens (including phenoxy) is 1. The summed E-state index contributed by atoms with van der Waals surface area (Å²) in [4.78, 5) is 10.8. The Morgan fingerprint density at radius 3 is 2.82 bits per heavy atom. The van der Waals surface area contributed by atoms with Crippen LogP contribution in [-0.4, -0.2) is 12.0 Å². The molecular formula is C11H12F3NO2. The van der Waals surface area contributed by atoms with Crippen LogP contribution in [-0.2, 0) is 11.0 Å². The Hall–Kier alpha value is -1.72. The van der Waals surface area contributed by atoms with Crippen molar-refractivity contribution in [2.24, 2.45) is 5.73 Å². The van der Waals surface area contributed by atoms with Crippen molar-refractivity contribution in [3.05, 3.63) is 29.8 Å². The lowest BCUT2D eigenvalue weighted by Gasteiger charge is -2.14. The molecule has 3 nitrogen and oxygen atoms in total. The van der Waals surface area contributed by atoms with Gasteiger partial charge in [-0.25, -0.2) is 0 Å². The van der Waals surface area contributed by atoms with Crippen LogP contribution in [0.25, 0.3) is 0 Å². The number of rotatable bonds is 4. The number of benzene rings is 1. The van der Waals surface area contributed by atoms with Gasteiger partial charge in [-0.3, -0.25) is 4.79 Å². The topological polar surface area (TPSA) is 52.3 Å². The molecule has 2 atom stereocenters. The summed E-state index contributed by atoms with van der Waals surface area (Å²) in [5, 5.41) is 0.